The minimum atomic E-state index is -0.0397. The Labute approximate surface area is 157 Å². The molecule has 0 radical (unpaired) electrons. The molecule has 0 atom stereocenters. The van der Waals surface area contributed by atoms with Crippen LogP contribution in [0.2, 0.25) is 0 Å². The molecule has 0 bridgehead atoms. The molecule has 1 aliphatic heterocycles. The fraction of sp³-hybridized carbons (Fsp3) is 0.250. The van der Waals surface area contributed by atoms with Crippen molar-refractivity contribution in [2.24, 2.45) is 0 Å². The molecule has 3 heterocycles. The van der Waals surface area contributed by atoms with Crippen LogP contribution in [0.4, 0.5) is 10.6 Å². The number of aromatic amines is 1. The summed E-state index contributed by atoms with van der Waals surface area (Å²) in [5, 5.41) is 6.75. The molecule has 1 aromatic carbocycles. The maximum atomic E-state index is 12.9. The average Bonchev–Trinajstić information content (AvgIpc) is 3.32. The van der Waals surface area contributed by atoms with Crippen molar-refractivity contribution in [2.45, 2.75) is 13.5 Å². The first-order chi connectivity index (χ1) is 13.2. The smallest absolute Gasteiger partial charge is 0.326 e. The van der Waals surface area contributed by atoms with Crippen LogP contribution in [0.5, 0.6) is 5.88 Å². The third kappa shape index (κ3) is 3.36. The van der Waals surface area contributed by atoms with E-state index in [1.165, 1.54) is 5.56 Å². The summed E-state index contributed by atoms with van der Waals surface area (Å²) in [5.41, 5.74) is 4.04. The van der Waals surface area contributed by atoms with Gasteiger partial charge in [-0.05, 0) is 24.6 Å². The van der Waals surface area contributed by atoms with Gasteiger partial charge < -0.3 is 9.64 Å². The number of rotatable bonds is 5. The minimum Gasteiger partial charge on any atom is -0.480 e. The SMILES string of the molecule is COc1nc(N2CCN(Cc3cccc(C)c3)C2=O)ccc1-c1cn[nH]c1. The maximum Gasteiger partial charge on any atom is 0.326 e. The van der Waals surface area contributed by atoms with E-state index in [0.29, 0.717) is 31.3 Å². The average molecular weight is 363 g/mol. The minimum absolute atomic E-state index is 0.0397. The molecule has 7 heteroatoms. The van der Waals surface area contributed by atoms with Crippen molar-refractivity contribution in [3.63, 3.8) is 0 Å². The van der Waals surface area contributed by atoms with Gasteiger partial charge in [0, 0.05) is 37.0 Å². The summed E-state index contributed by atoms with van der Waals surface area (Å²) in [4.78, 5) is 20.9. The van der Waals surface area contributed by atoms with Crippen LogP contribution in [0.1, 0.15) is 11.1 Å². The molecule has 138 valence electrons. The van der Waals surface area contributed by atoms with Gasteiger partial charge in [-0.3, -0.25) is 10.00 Å². The lowest BCUT2D eigenvalue weighted by molar-refractivity contribution is 0.218. The van der Waals surface area contributed by atoms with E-state index in [4.69, 9.17) is 4.74 Å². The van der Waals surface area contributed by atoms with E-state index in [1.54, 1.807) is 24.4 Å². The van der Waals surface area contributed by atoms with Crippen molar-refractivity contribution in [3.05, 3.63) is 59.9 Å². The molecule has 27 heavy (non-hydrogen) atoms. The second-order valence-corrected chi connectivity index (χ2v) is 6.56. The Hall–Kier alpha value is -3.35. The topological polar surface area (TPSA) is 74.3 Å². The second kappa shape index (κ2) is 7.11. The van der Waals surface area contributed by atoms with E-state index in [0.717, 1.165) is 16.7 Å². The number of amides is 2. The summed E-state index contributed by atoms with van der Waals surface area (Å²) in [7, 11) is 1.57. The Morgan fingerprint density at radius 3 is 2.85 bits per heavy atom. The van der Waals surface area contributed by atoms with E-state index < -0.39 is 0 Å². The van der Waals surface area contributed by atoms with Gasteiger partial charge in [-0.2, -0.15) is 10.1 Å². The Kier molecular flexibility index (Phi) is 4.50. The third-order valence-electron chi connectivity index (χ3n) is 4.68. The molecule has 1 saturated heterocycles. The molecule has 2 amide bonds. The first-order valence-corrected chi connectivity index (χ1v) is 8.82. The highest BCUT2D eigenvalue weighted by molar-refractivity contribution is 5.93. The highest BCUT2D eigenvalue weighted by atomic mass is 16.5. The lowest BCUT2D eigenvalue weighted by Crippen LogP contribution is -2.32. The number of hydrogen-bond donors (Lipinski definition) is 1. The molecule has 2 aromatic heterocycles. The summed E-state index contributed by atoms with van der Waals surface area (Å²) in [5.74, 6) is 1.06. The standard InChI is InChI=1S/C20H21N5O2/c1-14-4-3-5-15(10-14)13-24-8-9-25(20(24)26)18-7-6-17(19(23-18)27-2)16-11-21-22-12-16/h3-7,10-12H,8-9,13H2,1-2H3,(H,21,22). The van der Waals surface area contributed by atoms with Crippen molar-refractivity contribution in [1.29, 1.82) is 0 Å². The molecule has 0 unspecified atom stereocenters. The number of nitrogens with one attached hydrogen (secondary N) is 1. The van der Waals surface area contributed by atoms with Gasteiger partial charge >= 0.3 is 6.03 Å². The molecule has 1 aliphatic rings. The number of benzene rings is 1. The highest BCUT2D eigenvalue weighted by Crippen LogP contribution is 2.31. The number of aryl methyl sites for hydroxylation is 1. The number of H-pyrrole nitrogens is 1. The van der Waals surface area contributed by atoms with Gasteiger partial charge in [-0.15, -0.1) is 0 Å². The van der Waals surface area contributed by atoms with Gasteiger partial charge in [0.25, 0.3) is 0 Å². The van der Waals surface area contributed by atoms with Gasteiger partial charge in [0.15, 0.2) is 0 Å². The molecular formula is C20H21N5O2. The monoisotopic (exact) mass is 363 g/mol. The van der Waals surface area contributed by atoms with E-state index in [2.05, 4.69) is 34.2 Å². The summed E-state index contributed by atoms with van der Waals surface area (Å²) < 4.78 is 5.44. The van der Waals surface area contributed by atoms with Crippen LogP contribution >= 0.6 is 0 Å². The van der Waals surface area contributed by atoms with Crippen molar-refractivity contribution in [1.82, 2.24) is 20.1 Å². The maximum absolute atomic E-state index is 12.9. The number of nitrogens with zero attached hydrogens (tertiary/aromatic N) is 4. The lowest BCUT2D eigenvalue weighted by Gasteiger charge is -2.19. The number of carbonyl (C=O) groups excluding carboxylic acids is 1. The number of aromatic nitrogens is 3. The fourth-order valence-electron chi connectivity index (χ4n) is 3.33. The predicted molar refractivity (Wildman–Crippen MR) is 103 cm³/mol. The van der Waals surface area contributed by atoms with Crippen molar-refractivity contribution in [2.75, 3.05) is 25.1 Å². The molecule has 3 aromatic rings. The summed E-state index contributed by atoms with van der Waals surface area (Å²) >= 11 is 0. The Bertz CT molecular complexity index is 955. The normalized spacial score (nSPS) is 14.1. The van der Waals surface area contributed by atoms with Gasteiger partial charge in [-0.25, -0.2) is 4.79 Å². The van der Waals surface area contributed by atoms with Crippen LogP contribution in [0.3, 0.4) is 0 Å². The number of anilines is 1. The van der Waals surface area contributed by atoms with E-state index in [1.807, 2.05) is 29.2 Å². The summed E-state index contributed by atoms with van der Waals surface area (Å²) in [6.07, 6.45) is 3.49. The van der Waals surface area contributed by atoms with Crippen molar-refractivity contribution < 1.29 is 9.53 Å². The molecule has 0 saturated carbocycles. The second-order valence-electron chi connectivity index (χ2n) is 6.56. The first-order valence-electron chi connectivity index (χ1n) is 8.82. The zero-order valence-electron chi connectivity index (χ0n) is 15.3. The van der Waals surface area contributed by atoms with Gasteiger partial charge in [-0.1, -0.05) is 29.8 Å². The van der Waals surface area contributed by atoms with Crippen molar-refractivity contribution >= 4 is 11.8 Å². The van der Waals surface area contributed by atoms with Crippen LogP contribution in [0, 0.1) is 6.92 Å². The Balaban J connectivity index is 1.55. The summed E-state index contributed by atoms with van der Waals surface area (Å²) in [6.45, 7) is 3.92. The number of carbonyl (C=O) groups is 1. The van der Waals surface area contributed by atoms with Crippen LogP contribution < -0.4 is 9.64 Å². The highest BCUT2D eigenvalue weighted by Gasteiger charge is 2.31. The molecule has 1 fully saturated rings. The fourth-order valence-corrected chi connectivity index (χ4v) is 3.33. The van der Waals surface area contributed by atoms with Crippen LogP contribution in [-0.4, -0.2) is 46.3 Å². The largest absolute Gasteiger partial charge is 0.480 e. The number of hydrogen-bond acceptors (Lipinski definition) is 4. The molecular weight excluding hydrogens is 342 g/mol. The number of ether oxygens (including phenoxy) is 1. The van der Waals surface area contributed by atoms with E-state index >= 15 is 0 Å². The number of methoxy groups -OCH3 is 1. The van der Waals surface area contributed by atoms with E-state index in [-0.39, 0.29) is 6.03 Å². The lowest BCUT2D eigenvalue weighted by atomic mass is 10.1. The van der Waals surface area contributed by atoms with E-state index in [9.17, 15) is 4.79 Å². The van der Waals surface area contributed by atoms with Crippen molar-refractivity contribution in [3.8, 4) is 17.0 Å². The first kappa shape index (κ1) is 17.1. The Morgan fingerprint density at radius 1 is 1.22 bits per heavy atom. The molecule has 7 nitrogen and oxygen atoms in total. The quantitative estimate of drug-likeness (QED) is 0.755. The van der Waals surface area contributed by atoms with Gasteiger partial charge in [0.2, 0.25) is 5.88 Å². The molecule has 1 N–H and O–H groups in total. The van der Waals surface area contributed by atoms with Crippen LogP contribution in [-0.2, 0) is 6.54 Å². The zero-order chi connectivity index (χ0) is 18.8. The van der Waals surface area contributed by atoms with Crippen LogP contribution in [0.15, 0.2) is 48.8 Å². The zero-order valence-corrected chi connectivity index (χ0v) is 15.3. The number of urea groups is 1. The predicted octanol–water partition coefficient (Wildman–Crippen LogP) is 3.23. The summed E-state index contributed by atoms with van der Waals surface area (Å²) in [6, 6.07) is 11.9. The molecule has 4 rings (SSSR count). The van der Waals surface area contributed by atoms with Gasteiger partial charge in [0.1, 0.15) is 5.82 Å². The Morgan fingerprint density at radius 2 is 2.11 bits per heavy atom. The van der Waals surface area contributed by atoms with Gasteiger partial charge in [0.05, 0.1) is 13.3 Å². The number of pyridine rings is 1. The molecule has 0 aliphatic carbocycles. The molecule has 0 spiro atoms. The van der Waals surface area contributed by atoms with Crippen LogP contribution in [0.25, 0.3) is 11.1 Å². The third-order valence-corrected chi connectivity index (χ3v) is 4.68.